The minimum absolute atomic E-state index is 0. The molecule has 0 saturated heterocycles. The molecule has 0 fully saturated rings. The average Bonchev–Trinajstić information content (AvgIpc) is 2.36. The van der Waals surface area contributed by atoms with E-state index in [0.29, 0.717) is 11.0 Å². The molecular formula is C13H18BrF3IN3. The highest BCUT2D eigenvalue weighted by molar-refractivity contribution is 14.0. The van der Waals surface area contributed by atoms with Crippen LogP contribution in [0.1, 0.15) is 30.9 Å². The van der Waals surface area contributed by atoms with Gasteiger partial charge in [0, 0.05) is 11.0 Å². The second kappa shape index (κ2) is 9.50. The van der Waals surface area contributed by atoms with Crippen LogP contribution >= 0.6 is 39.9 Å². The molecule has 0 amide bonds. The molecule has 21 heavy (non-hydrogen) atoms. The zero-order valence-corrected chi connectivity index (χ0v) is 15.4. The van der Waals surface area contributed by atoms with Gasteiger partial charge in [-0.3, -0.25) is 0 Å². The number of rotatable bonds is 5. The third-order valence-corrected chi connectivity index (χ3v) is 3.13. The van der Waals surface area contributed by atoms with Crippen molar-refractivity contribution in [1.82, 2.24) is 5.32 Å². The van der Waals surface area contributed by atoms with E-state index in [2.05, 4.69) is 26.2 Å². The Morgan fingerprint density at radius 3 is 2.62 bits per heavy atom. The predicted octanol–water partition coefficient (Wildman–Crippen LogP) is 4.29. The lowest BCUT2D eigenvalue weighted by Gasteiger charge is -2.12. The number of nitrogens with two attached hydrogens (primary N) is 1. The molecule has 120 valence electrons. The molecular weight excluding hydrogens is 462 g/mol. The van der Waals surface area contributed by atoms with E-state index in [-0.39, 0.29) is 42.0 Å². The quantitative estimate of drug-likeness (QED) is 0.286. The first kappa shape index (κ1) is 20.5. The normalized spacial score (nSPS) is 12.0. The zero-order chi connectivity index (χ0) is 15.2. The Morgan fingerprint density at radius 2 is 2.05 bits per heavy atom. The van der Waals surface area contributed by atoms with Crippen molar-refractivity contribution in [1.29, 1.82) is 0 Å². The summed E-state index contributed by atoms with van der Waals surface area (Å²) < 4.78 is 39.0. The first-order valence-electron chi connectivity index (χ1n) is 6.24. The Kier molecular flexibility index (Phi) is 9.26. The largest absolute Gasteiger partial charge is 0.416 e. The summed E-state index contributed by atoms with van der Waals surface area (Å²) in [4.78, 5) is 3.94. The van der Waals surface area contributed by atoms with Crippen molar-refractivity contribution in [2.24, 2.45) is 10.7 Å². The number of nitrogens with one attached hydrogen (secondary N) is 1. The highest BCUT2D eigenvalue weighted by Crippen LogP contribution is 2.34. The topological polar surface area (TPSA) is 50.4 Å². The van der Waals surface area contributed by atoms with E-state index in [1.165, 1.54) is 6.07 Å². The van der Waals surface area contributed by atoms with Crippen LogP contribution in [0.3, 0.4) is 0 Å². The number of nitrogens with zero attached hydrogens (tertiary/aromatic N) is 1. The third-order valence-electron chi connectivity index (χ3n) is 2.63. The number of unbranched alkanes of at least 4 members (excludes halogenated alkanes) is 1. The van der Waals surface area contributed by atoms with E-state index < -0.39 is 11.7 Å². The number of aliphatic imine (C=N–C) groups is 1. The molecule has 8 heteroatoms. The molecule has 0 aliphatic rings. The van der Waals surface area contributed by atoms with Gasteiger partial charge >= 0.3 is 6.18 Å². The van der Waals surface area contributed by atoms with Crippen LogP contribution in [0.4, 0.5) is 13.2 Å². The molecule has 1 aromatic carbocycles. The van der Waals surface area contributed by atoms with Gasteiger partial charge in [-0.05, 0) is 24.1 Å². The molecule has 0 bridgehead atoms. The highest BCUT2D eigenvalue weighted by Gasteiger charge is 2.33. The van der Waals surface area contributed by atoms with Crippen molar-refractivity contribution >= 4 is 45.9 Å². The molecule has 0 atom stereocenters. The molecule has 0 aliphatic heterocycles. The van der Waals surface area contributed by atoms with Crippen molar-refractivity contribution in [2.75, 3.05) is 6.54 Å². The van der Waals surface area contributed by atoms with Crippen molar-refractivity contribution in [3.63, 3.8) is 0 Å². The van der Waals surface area contributed by atoms with Crippen molar-refractivity contribution < 1.29 is 13.2 Å². The van der Waals surface area contributed by atoms with E-state index in [9.17, 15) is 13.2 Å². The van der Waals surface area contributed by atoms with Gasteiger partial charge in [0.2, 0.25) is 0 Å². The summed E-state index contributed by atoms with van der Waals surface area (Å²) in [5.41, 5.74) is 5.00. The van der Waals surface area contributed by atoms with Gasteiger partial charge in [-0.1, -0.05) is 35.3 Å². The SMILES string of the molecule is CCCCNC(N)=NCc1ccc(Br)cc1C(F)(F)F.I. The number of halogens is 5. The van der Waals surface area contributed by atoms with Gasteiger partial charge in [-0.2, -0.15) is 13.2 Å². The van der Waals surface area contributed by atoms with Crippen LogP contribution in [-0.4, -0.2) is 12.5 Å². The van der Waals surface area contributed by atoms with Crippen molar-refractivity contribution in [3.8, 4) is 0 Å². The Labute approximate surface area is 147 Å². The first-order valence-corrected chi connectivity index (χ1v) is 7.03. The molecule has 0 aliphatic carbocycles. The predicted molar refractivity (Wildman–Crippen MR) is 92.8 cm³/mol. The van der Waals surface area contributed by atoms with Crippen LogP contribution in [0.5, 0.6) is 0 Å². The summed E-state index contributed by atoms with van der Waals surface area (Å²) in [6.45, 7) is 2.60. The molecule has 0 saturated carbocycles. The zero-order valence-electron chi connectivity index (χ0n) is 11.5. The van der Waals surface area contributed by atoms with Gasteiger partial charge in [0.15, 0.2) is 5.96 Å². The van der Waals surface area contributed by atoms with E-state index in [4.69, 9.17) is 5.73 Å². The van der Waals surface area contributed by atoms with E-state index >= 15 is 0 Å². The summed E-state index contributed by atoms with van der Waals surface area (Å²) in [5.74, 6) is 0.162. The fraction of sp³-hybridized carbons (Fsp3) is 0.462. The lowest BCUT2D eigenvalue weighted by atomic mass is 10.1. The first-order chi connectivity index (χ1) is 9.34. The van der Waals surface area contributed by atoms with Gasteiger partial charge < -0.3 is 11.1 Å². The molecule has 0 aromatic heterocycles. The van der Waals surface area contributed by atoms with Crippen LogP contribution in [0.2, 0.25) is 0 Å². The van der Waals surface area contributed by atoms with Gasteiger partial charge in [0.1, 0.15) is 0 Å². The smallest absolute Gasteiger partial charge is 0.370 e. The summed E-state index contributed by atoms with van der Waals surface area (Å²) in [6.07, 6.45) is -2.47. The molecule has 0 unspecified atom stereocenters. The maximum Gasteiger partial charge on any atom is 0.416 e. The number of hydrogen-bond donors (Lipinski definition) is 2. The second-order valence-corrected chi connectivity index (χ2v) is 5.20. The molecule has 0 heterocycles. The summed E-state index contributed by atoms with van der Waals surface area (Å²) in [7, 11) is 0. The number of alkyl halides is 3. The van der Waals surface area contributed by atoms with Gasteiger partial charge in [-0.25, -0.2) is 4.99 Å². The monoisotopic (exact) mass is 479 g/mol. The fourth-order valence-electron chi connectivity index (χ4n) is 1.57. The van der Waals surface area contributed by atoms with Gasteiger partial charge in [-0.15, -0.1) is 24.0 Å². The van der Waals surface area contributed by atoms with Crippen LogP contribution in [0.15, 0.2) is 27.7 Å². The Hall–Kier alpha value is -0.510. The molecule has 0 radical (unpaired) electrons. The minimum Gasteiger partial charge on any atom is -0.370 e. The molecule has 3 nitrogen and oxygen atoms in total. The van der Waals surface area contributed by atoms with Crippen LogP contribution < -0.4 is 11.1 Å². The second-order valence-electron chi connectivity index (χ2n) is 4.28. The standard InChI is InChI=1S/C13H17BrF3N3.HI/c1-2-3-6-19-12(18)20-8-9-4-5-10(14)7-11(9)13(15,16)17;/h4-5,7H,2-3,6,8H2,1H3,(H3,18,19,20);1H. The van der Waals surface area contributed by atoms with E-state index in [1.54, 1.807) is 6.07 Å². The van der Waals surface area contributed by atoms with E-state index in [0.717, 1.165) is 18.9 Å². The Bertz CT molecular complexity index is 478. The van der Waals surface area contributed by atoms with Crippen LogP contribution in [-0.2, 0) is 12.7 Å². The molecule has 1 aromatic rings. The summed E-state index contributed by atoms with van der Waals surface area (Å²) in [5, 5.41) is 2.86. The number of benzene rings is 1. The molecule has 3 N–H and O–H groups in total. The minimum atomic E-state index is -4.40. The van der Waals surface area contributed by atoms with Crippen molar-refractivity contribution in [3.05, 3.63) is 33.8 Å². The number of hydrogen-bond acceptors (Lipinski definition) is 1. The average molecular weight is 480 g/mol. The van der Waals surface area contributed by atoms with E-state index in [1.807, 2.05) is 6.92 Å². The third kappa shape index (κ3) is 7.35. The van der Waals surface area contributed by atoms with Crippen LogP contribution in [0, 0.1) is 0 Å². The van der Waals surface area contributed by atoms with Gasteiger partial charge in [0.25, 0.3) is 0 Å². The highest BCUT2D eigenvalue weighted by atomic mass is 127. The van der Waals surface area contributed by atoms with Crippen LogP contribution in [0.25, 0.3) is 0 Å². The van der Waals surface area contributed by atoms with Gasteiger partial charge in [0.05, 0.1) is 12.1 Å². The lowest BCUT2D eigenvalue weighted by molar-refractivity contribution is -0.138. The van der Waals surface area contributed by atoms with Crippen molar-refractivity contribution in [2.45, 2.75) is 32.5 Å². The molecule has 0 spiro atoms. The maximum absolute atomic E-state index is 12.9. The summed E-state index contributed by atoms with van der Waals surface area (Å²) in [6, 6.07) is 4.00. The Balaban J connectivity index is 0.00000400. The Morgan fingerprint density at radius 1 is 1.38 bits per heavy atom. The summed E-state index contributed by atoms with van der Waals surface area (Å²) >= 11 is 3.04. The maximum atomic E-state index is 12.9. The lowest BCUT2D eigenvalue weighted by Crippen LogP contribution is -2.32. The molecule has 1 rings (SSSR count). The number of guanidine groups is 1. The fourth-order valence-corrected chi connectivity index (χ4v) is 1.93.